The molecule has 1 amide bonds. The van der Waals surface area contributed by atoms with Crippen LogP contribution in [-0.2, 0) is 24.7 Å². The number of carboxylic acid groups (broad SMARTS) is 1. The number of nitrogens with zero attached hydrogens (tertiary/aromatic N) is 3. The molecule has 0 radical (unpaired) electrons. The molecule has 1 aliphatic carbocycles. The maximum absolute atomic E-state index is 12.8. The minimum absolute atomic E-state index is 0.00950. The Morgan fingerprint density at radius 2 is 1.63 bits per heavy atom. The van der Waals surface area contributed by atoms with Gasteiger partial charge in [0.2, 0.25) is 11.9 Å². The van der Waals surface area contributed by atoms with Crippen LogP contribution in [0.1, 0.15) is 18.4 Å². The van der Waals surface area contributed by atoms with Crippen molar-refractivity contribution in [3.05, 3.63) is 59.1 Å². The number of aliphatic carboxylic acids is 1. The van der Waals surface area contributed by atoms with Crippen molar-refractivity contribution in [3.63, 3.8) is 0 Å². The fourth-order valence-electron chi connectivity index (χ4n) is 3.86. The molecule has 1 saturated carbocycles. The van der Waals surface area contributed by atoms with Gasteiger partial charge in [-0.25, -0.2) is 9.59 Å². The Balaban J connectivity index is 1.50. The zero-order valence-electron chi connectivity index (χ0n) is 22.4. The molecule has 43 heavy (non-hydrogen) atoms. The molecule has 228 valence electrons. The van der Waals surface area contributed by atoms with Gasteiger partial charge in [0.25, 0.3) is 0 Å². The van der Waals surface area contributed by atoms with Gasteiger partial charge in [0.15, 0.2) is 6.61 Å². The summed E-state index contributed by atoms with van der Waals surface area (Å²) < 4.78 is 48.0. The molecular formula is C26H25ClF3N7O6. The molecule has 3 aromatic rings. The van der Waals surface area contributed by atoms with Crippen molar-refractivity contribution >= 4 is 52.7 Å². The van der Waals surface area contributed by atoms with Gasteiger partial charge in [-0.2, -0.15) is 28.1 Å². The van der Waals surface area contributed by atoms with Crippen LogP contribution in [-0.4, -0.2) is 70.4 Å². The van der Waals surface area contributed by atoms with Gasteiger partial charge in [0.05, 0.1) is 12.6 Å². The highest BCUT2D eigenvalue weighted by Gasteiger charge is 2.45. The second-order valence-corrected chi connectivity index (χ2v) is 9.76. The zero-order valence-corrected chi connectivity index (χ0v) is 23.1. The van der Waals surface area contributed by atoms with E-state index in [2.05, 4.69) is 41.0 Å². The number of amides is 1. The van der Waals surface area contributed by atoms with E-state index in [0.29, 0.717) is 16.4 Å². The number of benzene rings is 2. The molecule has 0 bridgehead atoms. The van der Waals surface area contributed by atoms with Crippen molar-refractivity contribution in [2.75, 3.05) is 36.2 Å². The van der Waals surface area contributed by atoms with Crippen LogP contribution in [0.5, 0.6) is 6.01 Å². The van der Waals surface area contributed by atoms with E-state index in [1.807, 2.05) is 12.1 Å². The lowest BCUT2D eigenvalue weighted by Gasteiger charge is -2.19. The average molecular weight is 624 g/mol. The first-order valence-electron chi connectivity index (χ1n) is 12.6. The number of nitrogens with one attached hydrogen (secondary N) is 4. The third kappa shape index (κ3) is 8.81. The molecule has 0 saturated heterocycles. The topological polar surface area (TPSA) is 177 Å². The van der Waals surface area contributed by atoms with Gasteiger partial charge in [-0.15, -0.1) is 0 Å². The molecular weight excluding hydrogens is 599 g/mol. The van der Waals surface area contributed by atoms with Crippen molar-refractivity contribution in [3.8, 4) is 6.01 Å². The quantitative estimate of drug-likeness (QED) is 0.147. The van der Waals surface area contributed by atoms with Gasteiger partial charge in [-0.05, 0) is 54.8 Å². The average Bonchev–Trinajstić information content (AvgIpc) is 3.74. The number of esters is 1. The van der Waals surface area contributed by atoms with Gasteiger partial charge in [-0.1, -0.05) is 23.7 Å². The smallest absolute Gasteiger partial charge is 0.422 e. The Morgan fingerprint density at radius 3 is 2.21 bits per heavy atom. The number of carboxylic acids is 1. The number of ether oxygens (including phenoxy) is 2. The molecule has 1 heterocycles. The Bertz CT molecular complexity index is 1470. The summed E-state index contributed by atoms with van der Waals surface area (Å²) in [6.45, 7) is -1.97. The largest absolute Gasteiger partial charge is 0.474 e. The van der Waals surface area contributed by atoms with Gasteiger partial charge < -0.3 is 35.8 Å². The summed E-state index contributed by atoms with van der Waals surface area (Å²) in [5, 5.41) is 20.2. The summed E-state index contributed by atoms with van der Waals surface area (Å²) in [5.41, 5.74) is 1.19. The molecule has 1 unspecified atom stereocenters. The van der Waals surface area contributed by atoms with E-state index < -0.39 is 48.2 Å². The van der Waals surface area contributed by atoms with Crippen LogP contribution >= 0.6 is 11.6 Å². The lowest BCUT2D eigenvalue weighted by molar-refractivity contribution is -0.154. The number of rotatable bonds is 12. The van der Waals surface area contributed by atoms with Crippen LogP contribution in [0.3, 0.4) is 0 Å². The van der Waals surface area contributed by atoms with Gasteiger partial charge in [0, 0.05) is 22.9 Å². The number of hydrogen-bond acceptors (Lipinski definition) is 11. The van der Waals surface area contributed by atoms with Gasteiger partial charge >= 0.3 is 30.0 Å². The van der Waals surface area contributed by atoms with E-state index in [1.54, 1.807) is 36.4 Å². The van der Waals surface area contributed by atoms with Gasteiger partial charge in [0.1, 0.15) is 6.04 Å². The van der Waals surface area contributed by atoms with Gasteiger partial charge in [-0.3, -0.25) is 4.79 Å². The van der Waals surface area contributed by atoms with E-state index in [0.717, 1.165) is 25.5 Å². The SMILES string of the molecule is COC(=O)C(CNC(=O)C(=O)O)Nc1ccc(Nc2nc(NC3(c4ccc(Cl)cc4)CC3)nc(OCC(F)(F)F)n2)cc1. The Labute approximate surface area is 247 Å². The highest BCUT2D eigenvalue weighted by Crippen LogP contribution is 2.48. The molecule has 0 spiro atoms. The summed E-state index contributed by atoms with van der Waals surface area (Å²) in [6.07, 6.45) is -3.16. The number of carbonyl (C=O) groups is 3. The summed E-state index contributed by atoms with van der Waals surface area (Å²) in [7, 11) is 1.13. The first-order chi connectivity index (χ1) is 20.4. The molecule has 4 rings (SSSR count). The second kappa shape index (κ2) is 13.0. The first-order valence-corrected chi connectivity index (χ1v) is 13.0. The van der Waals surface area contributed by atoms with Crippen molar-refractivity contribution in [2.24, 2.45) is 0 Å². The Kier molecular flexibility index (Phi) is 9.38. The first kappa shape index (κ1) is 31.1. The van der Waals surface area contributed by atoms with E-state index in [1.165, 1.54) is 0 Å². The maximum Gasteiger partial charge on any atom is 0.422 e. The molecule has 2 aromatic carbocycles. The fraction of sp³-hybridized carbons (Fsp3) is 0.308. The normalized spacial score (nSPS) is 14.2. The minimum Gasteiger partial charge on any atom is -0.474 e. The number of anilines is 4. The second-order valence-electron chi connectivity index (χ2n) is 9.32. The molecule has 1 fully saturated rings. The van der Waals surface area contributed by atoms with Crippen LogP contribution in [0, 0.1) is 0 Å². The number of alkyl halides is 3. The fourth-order valence-corrected chi connectivity index (χ4v) is 3.98. The number of methoxy groups -OCH3 is 1. The predicted octanol–water partition coefficient (Wildman–Crippen LogP) is 3.47. The summed E-state index contributed by atoms with van der Waals surface area (Å²) in [6, 6.07) is 11.7. The third-order valence-electron chi connectivity index (χ3n) is 6.11. The van der Waals surface area contributed by atoms with Crippen molar-refractivity contribution in [1.82, 2.24) is 20.3 Å². The standard InChI is InChI=1S/C26H25ClF3N7O6/c1-42-21(41)18(12-31-19(38)20(39)40)32-16-6-8-17(9-7-16)33-22-34-23(36-24(35-22)43-13-26(28,29)30)37-25(10-11-25)14-2-4-15(27)5-3-14/h2-9,18,32H,10-13H2,1H3,(H,31,38)(H,39,40)(H2,33,34,35,36,37). The lowest BCUT2D eigenvalue weighted by atomic mass is 10.1. The molecule has 17 heteroatoms. The number of carbonyl (C=O) groups excluding carboxylic acids is 2. The third-order valence-corrected chi connectivity index (χ3v) is 6.36. The summed E-state index contributed by atoms with van der Waals surface area (Å²) in [4.78, 5) is 46.4. The van der Waals surface area contributed by atoms with Crippen molar-refractivity contribution in [1.29, 1.82) is 0 Å². The maximum atomic E-state index is 12.8. The van der Waals surface area contributed by atoms with Crippen molar-refractivity contribution in [2.45, 2.75) is 30.6 Å². The lowest BCUT2D eigenvalue weighted by Crippen LogP contribution is -2.44. The number of aromatic nitrogens is 3. The molecule has 5 N–H and O–H groups in total. The van der Waals surface area contributed by atoms with Crippen LogP contribution in [0.15, 0.2) is 48.5 Å². The number of halogens is 4. The molecule has 1 aromatic heterocycles. The van der Waals surface area contributed by atoms with Crippen LogP contribution in [0.25, 0.3) is 0 Å². The molecule has 13 nitrogen and oxygen atoms in total. The van der Waals surface area contributed by atoms with Crippen LogP contribution in [0.4, 0.5) is 36.4 Å². The summed E-state index contributed by atoms with van der Waals surface area (Å²) in [5.74, 6) is -3.87. The Morgan fingerprint density at radius 1 is 1.00 bits per heavy atom. The molecule has 1 atom stereocenters. The molecule has 0 aliphatic heterocycles. The van der Waals surface area contributed by atoms with E-state index in [4.69, 9.17) is 21.4 Å². The van der Waals surface area contributed by atoms with E-state index >= 15 is 0 Å². The number of hydrogen-bond donors (Lipinski definition) is 5. The zero-order chi connectivity index (χ0) is 31.2. The highest BCUT2D eigenvalue weighted by atomic mass is 35.5. The monoisotopic (exact) mass is 623 g/mol. The van der Waals surface area contributed by atoms with Crippen LogP contribution in [0.2, 0.25) is 5.02 Å². The van der Waals surface area contributed by atoms with Crippen LogP contribution < -0.4 is 26.0 Å². The predicted molar refractivity (Wildman–Crippen MR) is 147 cm³/mol. The Hall–Kier alpha value is -4.86. The van der Waals surface area contributed by atoms with Crippen molar-refractivity contribution < 1.29 is 42.1 Å². The highest BCUT2D eigenvalue weighted by molar-refractivity contribution is 6.31. The molecule has 1 aliphatic rings. The minimum atomic E-state index is -4.61. The van der Waals surface area contributed by atoms with E-state index in [9.17, 15) is 27.6 Å². The van der Waals surface area contributed by atoms with E-state index in [-0.39, 0.29) is 18.4 Å². The summed E-state index contributed by atoms with van der Waals surface area (Å²) >= 11 is 5.99.